The molecule has 6 heteroatoms. The molecule has 2 aromatic rings. The highest BCUT2D eigenvalue weighted by Gasteiger charge is 2.29. The van der Waals surface area contributed by atoms with Crippen molar-refractivity contribution >= 4 is 22.9 Å². The fourth-order valence-corrected chi connectivity index (χ4v) is 3.25. The molecule has 1 N–H and O–H groups in total. The maximum Gasteiger partial charge on any atom is 0.271 e. The fourth-order valence-electron chi connectivity index (χ4n) is 3.25. The Bertz CT molecular complexity index is 1100. The molecule has 1 amide bonds. The van der Waals surface area contributed by atoms with E-state index in [-0.39, 0.29) is 17.2 Å². The first-order valence-corrected chi connectivity index (χ1v) is 9.20. The zero-order chi connectivity index (χ0) is 20.5. The summed E-state index contributed by atoms with van der Waals surface area (Å²) >= 11 is 0. The van der Waals surface area contributed by atoms with Gasteiger partial charge in [-0.2, -0.15) is 5.10 Å². The van der Waals surface area contributed by atoms with Crippen LogP contribution in [-0.2, 0) is 4.79 Å². The summed E-state index contributed by atoms with van der Waals surface area (Å²) in [7, 11) is 0. The monoisotopic (exact) mass is 391 g/mol. The molecule has 0 aromatic heterocycles. The topological polar surface area (TPSA) is 44.7 Å². The van der Waals surface area contributed by atoms with Gasteiger partial charge in [0.1, 0.15) is 17.8 Å². The van der Waals surface area contributed by atoms with E-state index in [1.807, 2.05) is 49.4 Å². The van der Waals surface area contributed by atoms with Gasteiger partial charge in [-0.25, -0.2) is 13.8 Å². The lowest BCUT2D eigenvalue weighted by atomic mass is 10.0. The molecule has 0 saturated heterocycles. The molecule has 2 aliphatic rings. The van der Waals surface area contributed by atoms with Crippen molar-refractivity contribution in [2.45, 2.75) is 20.0 Å². The van der Waals surface area contributed by atoms with Gasteiger partial charge < -0.3 is 5.32 Å². The second-order valence-electron chi connectivity index (χ2n) is 7.02. The molecule has 2 aliphatic heterocycles. The molecule has 0 spiro atoms. The van der Waals surface area contributed by atoms with E-state index >= 15 is 0 Å². The normalized spacial score (nSPS) is 20.6. The Morgan fingerprint density at radius 2 is 1.79 bits per heavy atom. The van der Waals surface area contributed by atoms with Crippen molar-refractivity contribution in [3.8, 4) is 0 Å². The number of allylic oxidation sites excluding steroid dienone is 3. The molecule has 0 radical (unpaired) electrons. The maximum absolute atomic E-state index is 14.3. The molecule has 1 atom stereocenters. The number of amides is 1. The smallest absolute Gasteiger partial charge is 0.271 e. The van der Waals surface area contributed by atoms with Crippen molar-refractivity contribution in [2.24, 2.45) is 5.10 Å². The highest BCUT2D eigenvalue weighted by atomic mass is 19.1. The van der Waals surface area contributed by atoms with Crippen LogP contribution < -0.4 is 5.32 Å². The SMILES string of the molecule is C/C1=N\N2C(=O)C=C(c3ccc(F)cc3F)NC2C=C(c2ccc(C)cc2)C=C1. The van der Waals surface area contributed by atoms with Gasteiger partial charge in [0.05, 0.1) is 11.4 Å². The lowest BCUT2D eigenvalue weighted by Crippen LogP contribution is -2.48. The van der Waals surface area contributed by atoms with E-state index in [1.54, 1.807) is 6.92 Å². The number of hydrogen-bond acceptors (Lipinski definition) is 3. The Morgan fingerprint density at radius 1 is 1.03 bits per heavy atom. The second-order valence-corrected chi connectivity index (χ2v) is 7.02. The number of nitrogens with zero attached hydrogens (tertiary/aromatic N) is 2. The molecule has 0 bridgehead atoms. The molecule has 4 rings (SSSR count). The lowest BCUT2D eigenvalue weighted by Gasteiger charge is -2.33. The van der Waals surface area contributed by atoms with Crippen LogP contribution in [0.3, 0.4) is 0 Å². The predicted octanol–water partition coefficient (Wildman–Crippen LogP) is 4.40. The Labute approximate surface area is 167 Å². The van der Waals surface area contributed by atoms with Gasteiger partial charge in [0.2, 0.25) is 0 Å². The highest BCUT2D eigenvalue weighted by Crippen LogP contribution is 2.26. The van der Waals surface area contributed by atoms with Crippen LogP contribution in [0.4, 0.5) is 8.78 Å². The minimum absolute atomic E-state index is 0.128. The van der Waals surface area contributed by atoms with Crippen molar-refractivity contribution in [3.05, 3.63) is 95.1 Å². The third kappa shape index (κ3) is 3.87. The number of nitrogens with one attached hydrogen (secondary N) is 1. The Balaban J connectivity index is 1.77. The van der Waals surface area contributed by atoms with Crippen molar-refractivity contribution in [3.63, 3.8) is 0 Å². The number of fused-ring (bicyclic) bond motifs is 1. The Hall–Kier alpha value is -3.54. The summed E-state index contributed by atoms with van der Waals surface area (Å²) in [4.78, 5) is 12.7. The van der Waals surface area contributed by atoms with Crippen LogP contribution in [0.25, 0.3) is 11.3 Å². The molecule has 4 nitrogen and oxygen atoms in total. The summed E-state index contributed by atoms with van der Waals surface area (Å²) in [6.07, 6.45) is 6.29. The van der Waals surface area contributed by atoms with Gasteiger partial charge in [-0.15, -0.1) is 0 Å². The number of halogens is 2. The first kappa shape index (κ1) is 18.8. The number of benzene rings is 2. The summed E-state index contributed by atoms with van der Waals surface area (Å²) in [5, 5.41) is 8.82. The van der Waals surface area contributed by atoms with Gasteiger partial charge in [-0.3, -0.25) is 4.79 Å². The van der Waals surface area contributed by atoms with Gasteiger partial charge in [0, 0.05) is 17.7 Å². The number of aryl methyl sites for hydroxylation is 1. The van der Waals surface area contributed by atoms with Gasteiger partial charge in [-0.1, -0.05) is 35.9 Å². The van der Waals surface area contributed by atoms with Crippen molar-refractivity contribution in [1.82, 2.24) is 10.3 Å². The number of rotatable bonds is 2. The van der Waals surface area contributed by atoms with Crippen LogP contribution in [0.15, 0.2) is 71.9 Å². The number of hydrazone groups is 1. The van der Waals surface area contributed by atoms with E-state index in [0.29, 0.717) is 5.71 Å². The average molecular weight is 391 g/mol. The lowest BCUT2D eigenvalue weighted by molar-refractivity contribution is -0.128. The standard InChI is InChI=1S/C23H19F2N3O/c1-14-3-6-16(7-4-14)17-8-5-15(2)27-28-22(11-17)26-21(13-23(28)29)19-10-9-18(24)12-20(19)25/h3-13,22,26H,1-2H3/b8-5?,17-11?,27-15+. The van der Waals surface area contributed by atoms with Crippen molar-refractivity contribution in [1.29, 1.82) is 0 Å². The molecule has 1 unspecified atom stereocenters. The van der Waals surface area contributed by atoms with Gasteiger partial charge >= 0.3 is 0 Å². The van der Waals surface area contributed by atoms with E-state index in [0.717, 1.165) is 28.8 Å². The molecule has 146 valence electrons. The molecular formula is C23H19F2N3O. The first-order chi connectivity index (χ1) is 13.9. The molecule has 0 fully saturated rings. The van der Waals surface area contributed by atoms with Crippen molar-refractivity contribution in [2.75, 3.05) is 0 Å². The number of hydrogen-bond donors (Lipinski definition) is 1. The Kier molecular flexibility index (Phi) is 4.84. The minimum Gasteiger partial charge on any atom is -0.360 e. The number of carbonyl (C=O) groups excluding carboxylic acids is 1. The van der Waals surface area contributed by atoms with E-state index in [1.165, 1.54) is 17.2 Å². The third-order valence-electron chi connectivity index (χ3n) is 4.77. The minimum atomic E-state index is -0.738. The van der Waals surface area contributed by atoms with E-state index in [4.69, 9.17) is 0 Å². The van der Waals surface area contributed by atoms with Crippen LogP contribution in [0.5, 0.6) is 0 Å². The molecule has 0 saturated carbocycles. The van der Waals surface area contributed by atoms with Crippen LogP contribution >= 0.6 is 0 Å². The zero-order valence-corrected chi connectivity index (χ0v) is 16.0. The maximum atomic E-state index is 14.3. The molecule has 29 heavy (non-hydrogen) atoms. The van der Waals surface area contributed by atoms with Crippen LogP contribution in [0.2, 0.25) is 0 Å². The molecular weight excluding hydrogens is 372 g/mol. The second kappa shape index (κ2) is 7.47. The van der Waals surface area contributed by atoms with Crippen molar-refractivity contribution < 1.29 is 13.6 Å². The van der Waals surface area contributed by atoms with Gasteiger partial charge in [-0.05, 0) is 49.3 Å². The summed E-state index contributed by atoms with van der Waals surface area (Å²) < 4.78 is 27.6. The van der Waals surface area contributed by atoms with Gasteiger partial charge in [0.15, 0.2) is 0 Å². The molecule has 2 aromatic carbocycles. The average Bonchev–Trinajstić information content (AvgIpc) is 2.66. The van der Waals surface area contributed by atoms with Crippen LogP contribution in [0.1, 0.15) is 23.6 Å². The molecule has 2 heterocycles. The summed E-state index contributed by atoms with van der Waals surface area (Å²) in [5.41, 5.74) is 4.10. The predicted molar refractivity (Wildman–Crippen MR) is 110 cm³/mol. The quantitative estimate of drug-likeness (QED) is 0.825. The summed E-state index contributed by atoms with van der Waals surface area (Å²) in [6, 6.07) is 11.3. The van der Waals surface area contributed by atoms with Gasteiger partial charge in [0.25, 0.3) is 5.91 Å². The third-order valence-corrected chi connectivity index (χ3v) is 4.77. The Morgan fingerprint density at radius 3 is 2.52 bits per heavy atom. The largest absolute Gasteiger partial charge is 0.360 e. The van der Waals surface area contributed by atoms with Crippen LogP contribution in [-0.4, -0.2) is 22.8 Å². The fraction of sp³-hybridized carbons (Fsp3) is 0.130. The molecule has 0 aliphatic carbocycles. The zero-order valence-electron chi connectivity index (χ0n) is 16.0. The number of carbonyl (C=O) groups is 1. The van der Waals surface area contributed by atoms with E-state index in [9.17, 15) is 13.6 Å². The summed E-state index contributed by atoms with van der Waals surface area (Å²) in [5.74, 6) is -1.80. The van der Waals surface area contributed by atoms with E-state index < -0.39 is 17.8 Å². The first-order valence-electron chi connectivity index (χ1n) is 9.20. The van der Waals surface area contributed by atoms with E-state index in [2.05, 4.69) is 10.4 Å². The van der Waals surface area contributed by atoms with Crippen LogP contribution in [0, 0.1) is 18.6 Å². The summed E-state index contributed by atoms with van der Waals surface area (Å²) in [6.45, 7) is 3.82. The highest BCUT2D eigenvalue weighted by molar-refractivity contribution is 6.01.